The smallest absolute Gasteiger partial charge is 0.408 e. The molecule has 0 aliphatic carbocycles. The van der Waals surface area contributed by atoms with Crippen molar-refractivity contribution in [3.63, 3.8) is 0 Å². The van der Waals surface area contributed by atoms with E-state index in [4.69, 9.17) is 9.47 Å². The summed E-state index contributed by atoms with van der Waals surface area (Å²) in [4.78, 5) is 67.5. The zero-order chi connectivity index (χ0) is 34.9. The van der Waals surface area contributed by atoms with Crippen LogP contribution in [-0.4, -0.2) is 63.0 Å². The number of esters is 1. The molecule has 0 saturated carbocycles. The molecule has 2 unspecified atom stereocenters. The fraction of sp³-hybridized carbons (Fsp3) is 0.278. The number of thioether (sulfide) groups is 1. The summed E-state index contributed by atoms with van der Waals surface area (Å²) in [5.41, 5.74) is 1.96. The summed E-state index contributed by atoms with van der Waals surface area (Å²) in [5, 5.41) is 13.1. The Hall–Kier alpha value is -5.43. The highest BCUT2D eigenvalue weighted by molar-refractivity contribution is 8.00. The Morgan fingerprint density at radius 2 is 1.59 bits per heavy atom. The normalized spacial score (nSPS) is 19.9. The van der Waals surface area contributed by atoms with Crippen LogP contribution >= 0.6 is 11.8 Å². The maximum absolute atomic E-state index is 14.3. The van der Waals surface area contributed by atoms with Crippen LogP contribution in [-0.2, 0) is 23.9 Å². The first-order valence-electron chi connectivity index (χ1n) is 15.7. The summed E-state index contributed by atoms with van der Waals surface area (Å²) < 4.78 is 11.6. The van der Waals surface area contributed by atoms with Crippen molar-refractivity contribution in [3.05, 3.63) is 129 Å². The van der Waals surface area contributed by atoms with E-state index in [1.807, 2.05) is 60.7 Å². The van der Waals surface area contributed by atoms with Gasteiger partial charge in [0.1, 0.15) is 22.7 Å². The summed E-state index contributed by atoms with van der Waals surface area (Å²) in [6.07, 6.45) is 0.448. The van der Waals surface area contributed by atoms with E-state index < -0.39 is 46.0 Å². The van der Waals surface area contributed by atoms with E-state index in [2.05, 4.69) is 5.32 Å². The third kappa shape index (κ3) is 7.07. The Morgan fingerprint density at radius 3 is 2.16 bits per heavy atom. The van der Waals surface area contributed by atoms with Crippen molar-refractivity contribution >= 4 is 47.0 Å². The summed E-state index contributed by atoms with van der Waals surface area (Å²) in [6, 6.07) is 23.3. The first kappa shape index (κ1) is 33.5. The largest absolute Gasteiger partial charge is 0.448 e. The molecule has 3 aliphatic heterocycles. The maximum Gasteiger partial charge on any atom is 0.408 e. The van der Waals surface area contributed by atoms with Gasteiger partial charge >= 0.3 is 12.1 Å². The van der Waals surface area contributed by atoms with E-state index in [-0.39, 0.29) is 23.0 Å². The number of nitrogens with one attached hydrogen (secondary N) is 1. The molecular weight excluding hydrogens is 648 g/mol. The third-order valence-corrected chi connectivity index (χ3v) is 9.44. The Balaban J connectivity index is 1.33. The Kier molecular flexibility index (Phi) is 9.28. The molecule has 49 heavy (non-hydrogen) atoms. The number of nitrogens with zero attached hydrogens (tertiary/aromatic N) is 3. The SMILES string of the molecule is CC(C)(C)OC(=O)NC1C(=O)N2C(C(=O)OC(c3ccccc3)c3ccccc3)=C(/C=C3\CCN(c4ccc([N+](=O)[O-])cc4)C3=O)CSC12. The second-order valence-corrected chi connectivity index (χ2v) is 13.8. The number of hydrogen-bond donors (Lipinski definition) is 1. The van der Waals surface area contributed by atoms with Crippen molar-refractivity contribution in [2.24, 2.45) is 0 Å². The first-order valence-corrected chi connectivity index (χ1v) is 16.7. The van der Waals surface area contributed by atoms with Crippen molar-refractivity contribution in [2.75, 3.05) is 17.2 Å². The Bertz CT molecular complexity index is 1820. The van der Waals surface area contributed by atoms with Gasteiger partial charge in [0, 0.05) is 35.7 Å². The van der Waals surface area contributed by atoms with Crippen molar-refractivity contribution in [2.45, 2.75) is 50.3 Å². The number of fused-ring (bicyclic) bond motifs is 1. The number of amides is 3. The molecule has 12 nitrogen and oxygen atoms in total. The van der Waals surface area contributed by atoms with E-state index >= 15 is 0 Å². The molecule has 0 radical (unpaired) electrons. The van der Waals surface area contributed by atoms with Gasteiger partial charge in [-0.25, -0.2) is 9.59 Å². The minimum Gasteiger partial charge on any atom is -0.448 e. The first-order chi connectivity index (χ1) is 23.4. The highest BCUT2D eigenvalue weighted by Gasteiger charge is 2.55. The van der Waals surface area contributed by atoms with Gasteiger partial charge in [0.2, 0.25) is 0 Å². The Morgan fingerprint density at radius 1 is 0.980 bits per heavy atom. The van der Waals surface area contributed by atoms with Crippen molar-refractivity contribution < 1.29 is 33.6 Å². The molecular formula is C36H34N4O8S. The van der Waals surface area contributed by atoms with Crippen LogP contribution in [0.3, 0.4) is 0 Å². The van der Waals surface area contributed by atoms with E-state index in [1.165, 1.54) is 45.8 Å². The lowest BCUT2D eigenvalue weighted by Crippen LogP contribution is -2.70. The lowest BCUT2D eigenvalue weighted by atomic mass is 10.00. The molecule has 0 aromatic heterocycles. The minimum atomic E-state index is -0.929. The van der Waals surface area contributed by atoms with Gasteiger partial charge in [-0.1, -0.05) is 60.7 Å². The number of alkyl carbamates (subject to hydrolysis) is 1. The summed E-state index contributed by atoms with van der Waals surface area (Å²) in [7, 11) is 0. The van der Waals surface area contributed by atoms with Crippen LogP contribution in [0, 0.1) is 10.1 Å². The monoisotopic (exact) mass is 682 g/mol. The van der Waals surface area contributed by atoms with Crippen LogP contribution in [0.4, 0.5) is 16.2 Å². The number of non-ortho nitro benzene ring substituents is 1. The van der Waals surface area contributed by atoms with Crippen LogP contribution in [0.2, 0.25) is 0 Å². The molecule has 2 fully saturated rings. The van der Waals surface area contributed by atoms with Crippen molar-refractivity contribution in [1.29, 1.82) is 0 Å². The predicted molar refractivity (Wildman–Crippen MR) is 182 cm³/mol. The number of carbonyl (C=O) groups excluding carboxylic acids is 4. The zero-order valence-electron chi connectivity index (χ0n) is 27.0. The molecule has 2 saturated heterocycles. The van der Waals surface area contributed by atoms with Gasteiger partial charge in [-0.05, 0) is 62.1 Å². The molecule has 3 amide bonds. The molecule has 1 N–H and O–H groups in total. The second-order valence-electron chi connectivity index (χ2n) is 12.7. The molecule has 0 bridgehead atoms. The molecule has 3 aliphatic rings. The van der Waals surface area contributed by atoms with Crippen LogP contribution in [0.1, 0.15) is 44.4 Å². The fourth-order valence-electron chi connectivity index (χ4n) is 5.88. The lowest BCUT2D eigenvalue weighted by molar-refractivity contribution is -0.384. The number of anilines is 1. The molecule has 252 valence electrons. The lowest BCUT2D eigenvalue weighted by Gasteiger charge is -2.49. The van der Waals surface area contributed by atoms with Gasteiger partial charge in [-0.15, -0.1) is 11.8 Å². The topological polar surface area (TPSA) is 148 Å². The standard InChI is InChI=1S/C36H34N4O8S/c1-36(2,3)48-35(44)37-28-32(42)39-29(34(43)47-30(22-10-6-4-7-11-22)23-12-8-5-9-13-23)25(21-49-33(28)39)20-24-18-19-38(31(24)41)26-14-16-27(17-15-26)40(45)46/h4-17,20,28,30,33H,18-19,21H2,1-3H3,(H,37,44)/b24-20+. The highest BCUT2D eigenvalue weighted by atomic mass is 32.2. The number of nitro benzene ring substituents is 1. The van der Waals surface area contributed by atoms with E-state index in [0.29, 0.717) is 29.8 Å². The predicted octanol–water partition coefficient (Wildman–Crippen LogP) is 5.65. The summed E-state index contributed by atoms with van der Waals surface area (Å²) in [6.45, 7) is 5.49. The molecule has 3 aromatic rings. The van der Waals surface area contributed by atoms with Gasteiger partial charge < -0.3 is 19.7 Å². The van der Waals surface area contributed by atoms with Gasteiger partial charge in [-0.2, -0.15) is 0 Å². The number of ether oxygens (including phenoxy) is 2. The average Bonchev–Trinajstić information content (AvgIpc) is 3.44. The van der Waals surface area contributed by atoms with E-state index in [0.717, 1.165) is 11.1 Å². The second kappa shape index (κ2) is 13.6. The maximum atomic E-state index is 14.3. The van der Waals surface area contributed by atoms with Gasteiger partial charge in [0.05, 0.1) is 4.92 Å². The number of carbonyl (C=O) groups is 4. The van der Waals surface area contributed by atoms with Crippen LogP contribution in [0.25, 0.3) is 0 Å². The quantitative estimate of drug-likeness (QED) is 0.105. The van der Waals surface area contributed by atoms with Gasteiger partial charge in [0.25, 0.3) is 17.5 Å². The van der Waals surface area contributed by atoms with Crippen molar-refractivity contribution in [1.82, 2.24) is 10.2 Å². The molecule has 13 heteroatoms. The van der Waals surface area contributed by atoms with Gasteiger partial charge in [-0.3, -0.25) is 24.6 Å². The number of nitro groups is 1. The van der Waals surface area contributed by atoms with Crippen LogP contribution < -0.4 is 10.2 Å². The number of allylic oxidation sites excluding steroid dienone is 1. The molecule has 3 heterocycles. The fourth-order valence-corrected chi connectivity index (χ4v) is 7.19. The van der Waals surface area contributed by atoms with Gasteiger partial charge in [0.15, 0.2) is 6.10 Å². The average molecular weight is 683 g/mol. The third-order valence-electron chi connectivity index (χ3n) is 8.14. The van der Waals surface area contributed by atoms with Crippen LogP contribution in [0.5, 0.6) is 0 Å². The summed E-state index contributed by atoms with van der Waals surface area (Å²) in [5.74, 6) is -1.32. The van der Waals surface area contributed by atoms with E-state index in [9.17, 15) is 29.3 Å². The molecule has 2 atom stereocenters. The zero-order valence-corrected chi connectivity index (χ0v) is 27.8. The number of benzene rings is 3. The highest BCUT2D eigenvalue weighted by Crippen LogP contribution is 2.43. The summed E-state index contributed by atoms with van der Waals surface area (Å²) >= 11 is 1.35. The molecule has 3 aromatic carbocycles. The Labute approximate surface area is 286 Å². The number of β-lactam (4-membered cyclic amide) rings is 1. The molecule has 0 spiro atoms. The number of rotatable bonds is 8. The van der Waals surface area contributed by atoms with Crippen molar-refractivity contribution in [3.8, 4) is 0 Å². The van der Waals surface area contributed by atoms with Crippen LogP contribution in [0.15, 0.2) is 108 Å². The molecule has 6 rings (SSSR count). The minimum absolute atomic E-state index is 0.00179. The van der Waals surface area contributed by atoms with E-state index in [1.54, 1.807) is 26.8 Å². The number of hydrogen-bond acceptors (Lipinski definition) is 9.